The molecule has 11 heteroatoms. The van der Waals surface area contributed by atoms with Crippen LogP contribution in [-0.4, -0.2) is 80.4 Å². The van der Waals surface area contributed by atoms with Crippen molar-refractivity contribution in [3.05, 3.63) is 53.6 Å². The summed E-state index contributed by atoms with van der Waals surface area (Å²) >= 11 is 5.76. The van der Waals surface area contributed by atoms with Gasteiger partial charge in [0.05, 0.1) is 18.8 Å². The van der Waals surface area contributed by atoms with Crippen LogP contribution in [0.2, 0.25) is 0 Å². The largest absolute Gasteiger partial charge is 0.497 e. The molecule has 0 aliphatic carbocycles. The van der Waals surface area contributed by atoms with Gasteiger partial charge in [-0.2, -0.15) is 0 Å². The second-order valence-corrected chi connectivity index (χ2v) is 12.0. The minimum absolute atomic E-state index is 0.00399. The van der Waals surface area contributed by atoms with Gasteiger partial charge >= 0.3 is 5.97 Å². The van der Waals surface area contributed by atoms with Gasteiger partial charge in [0, 0.05) is 44.0 Å². The summed E-state index contributed by atoms with van der Waals surface area (Å²) in [5.41, 5.74) is 1.69. The molecular formula is C27H35ClN2O7S. The van der Waals surface area contributed by atoms with Crippen molar-refractivity contribution in [2.75, 3.05) is 51.7 Å². The Bertz CT molecular complexity index is 1210. The Kier molecular flexibility index (Phi) is 9.40. The molecule has 2 aliphatic heterocycles. The second-order valence-electron chi connectivity index (χ2n) is 9.55. The number of alkyl halides is 1. The molecule has 0 aromatic heterocycles. The van der Waals surface area contributed by atoms with Crippen molar-refractivity contribution in [1.29, 1.82) is 0 Å². The second kappa shape index (κ2) is 12.5. The maximum absolute atomic E-state index is 13.0. The first-order valence-corrected chi connectivity index (χ1v) is 15.0. The topological polar surface area (TPSA) is 106 Å². The lowest BCUT2D eigenvalue weighted by Crippen LogP contribution is -2.40. The maximum Gasteiger partial charge on any atom is 0.309 e. The minimum Gasteiger partial charge on any atom is -0.497 e. The van der Waals surface area contributed by atoms with Crippen molar-refractivity contribution in [2.45, 2.75) is 31.7 Å². The van der Waals surface area contributed by atoms with E-state index in [0.29, 0.717) is 49.7 Å². The number of methoxy groups -OCH3 is 1. The molecule has 0 unspecified atom stereocenters. The van der Waals surface area contributed by atoms with E-state index >= 15 is 0 Å². The highest BCUT2D eigenvalue weighted by molar-refractivity contribution is 7.89. The lowest BCUT2D eigenvalue weighted by molar-refractivity contribution is -0.143. The molecule has 2 heterocycles. The molecule has 0 saturated carbocycles. The third-order valence-electron chi connectivity index (χ3n) is 7.20. The van der Waals surface area contributed by atoms with Gasteiger partial charge in [-0.05, 0) is 48.2 Å². The van der Waals surface area contributed by atoms with Gasteiger partial charge in [0.1, 0.15) is 5.75 Å². The monoisotopic (exact) mass is 566 g/mol. The summed E-state index contributed by atoms with van der Waals surface area (Å²) in [6.07, 6.45) is 1.06. The first kappa shape index (κ1) is 28.5. The molecule has 2 aromatic rings. The SMILES string of the molecule is CCCN(CCN1C[C@H](c2ccc3c(c2)OCO3)[C@H](C(=O)O)[C@H]1c1ccc(OC)cc1)S(=O)(=O)CCCCl. The lowest BCUT2D eigenvalue weighted by Gasteiger charge is -2.30. The van der Waals surface area contributed by atoms with Crippen molar-refractivity contribution in [2.24, 2.45) is 5.92 Å². The third kappa shape index (κ3) is 6.20. The van der Waals surface area contributed by atoms with Crippen LogP contribution in [0.5, 0.6) is 17.2 Å². The van der Waals surface area contributed by atoms with Gasteiger partial charge in [-0.25, -0.2) is 12.7 Å². The smallest absolute Gasteiger partial charge is 0.309 e. The fourth-order valence-electron chi connectivity index (χ4n) is 5.39. The number of ether oxygens (including phenoxy) is 3. The normalized spacial score (nSPS) is 21.2. The summed E-state index contributed by atoms with van der Waals surface area (Å²) in [5.74, 6) is 0.203. The summed E-state index contributed by atoms with van der Waals surface area (Å²) in [5, 5.41) is 10.5. The standard InChI is InChI=1S/C27H35ClN2O7S/c1-3-12-30(38(33,34)15-4-11-28)14-13-29-17-22(20-7-10-23-24(16-20)37-18-36-23)25(27(31)32)26(29)19-5-8-21(35-2)9-6-19/h5-10,16,22,25-26H,3-4,11-15,17-18H2,1-2H3,(H,31,32)/t22-,25+,26-/m1/s1. The number of carboxylic acids is 1. The summed E-state index contributed by atoms with van der Waals surface area (Å²) in [7, 11) is -1.89. The van der Waals surface area contributed by atoms with Gasteiger partial charge in [0.15, 0.2) is 11.5 Å². The van der Waals surface area contributed by atoms with Crippen molar-refractivity contribution in [3.8, 4) is 17.2 Å². The molecular weight excluding hydrogens is 532 g/mol. The van der Waals surface area contributed by atoms with Crippen molar-refractivity contribution < 1.29 is 32.5 Å². The van der Waals surface area contributed by atoms with Crippen LogP contribution in [0.4, 0.5) is 0 Å². The minimum atomic E-state index is -3.47. The number of benzene rings is 2. The Hall–Kier alpha value is -2.53. The van der Waals surface area contributed by atoms with Crippen LogP contribution in [0.15, 0.2) is 42.5 Å². The first-order chi connectivity index (χ1) is 18.3. The Morgan fingerprint density at radius 3 is 2.50 bits per heavy atom. The molecule has 1 fully saturated rings. The van der Waals surface area contributed by atoms with Gasteiger partial charge in [-0.3, -0.25) is 9.69 Å². The Labute approximate surface area is 229 Å². The molecule has 4 rings (SSSR count). The van der Waals surface area contributed by atoms with E-state index in [9.17, 15) is 18.3 Å². The van der Waals surface area contributed by atoms with E-state index in [1.807, 2.05) is 49.4 Å². The van der Waals surface area contributed by atoms with Crippen LogP contribution in [0.1, 0.15) is 42.9 Å². The Balaban J connectivity index is 1.66. The number of sulfonamides is 1. The van der Waals surface area contributed by atoms with E-state index in [4.69, 9.17) is 25.8 Å². The number of nitrogens with zero attached hydrogens (tertiary/aromatic N) is 2. The van der Waals surface area contributed by atoms with Crippen molar-refractivity contribution in [3.63, 3.8) is 0 Å². The molecule has 0 radical (unpaired) electrons. The molecule has 208 valence electrons. The number of fused-ring (bicyclic) bond motifs is 1. The van der Waals surface area contributed by atoms with Gasteiger partial charge in [0.25, 0.3) is 0 Å². The summed E-state index contributed by atoms with van der Waals surface area (Å²) in [6, 6.07) is 12.5. The Morgan fingerprint density at radius 1 is 1.13 bits per heavy atom. The number of rotatable bonds is 13. The quantitative estimate of drug-likeness (QED) is 0.364. The summed E-state index contributed by atoms with van der Waals surface area (Å²) in [6.45, 7) is 3.59. The van der Waals surface area contributed by atoms with Crippen LogP contribution in [0.3, 0.4) is 0 Å². The average molecular weight is 567 g/mol. The fourth-order valence-corrected chi connectivity index (χ4v) is 7.27. The Morgan fingerprint density at radius 2 is 1.84 bits per heavy atom. The molecule has 38 heavy (non-hydrogen) atoms. The number of carbonyl (C=O) groups is 1. The zero-order chi connectivity index (χ0) is 27.3. The lowest BCUT2D eigenvalue weighted by atomic mass is 9.82. The number of hydrogen-bond acceptors (Lipinski definition) is 7. The molecule has 1 N–H and O–H groups in total. The van der Waals surface area contributed by atoms with Gasteiger partial charge in [-0.15, -0.1) is 11.6 Å². The number of likely N-dealkylation sites (tertiary alicyclic amines) is 1. The van der Waals surface area contributed by atoms with Crippen LogP contribution in [0, 0.1) is 5.92 Å². The van der Waals surface area contributed by atoms with E-state index in [1.54, 1.807) is 7.11 Å². The average Bonchev–Trinajstić information content (AvgIpc) is 3.54. The molecule has 0 bridgehead atoms. The number of halogens is 1. The molecule has 9 nitrogen and oxygen atoms in total. The molecule has 0 amide bonds. The van der Waals surface area contributed by atoms with E-state index in [-0.39, 0.29) is 30.9 Å². The first-order valence-electron chi connectivity index (χ1n) is 12.8. The highest BCUT2D eigenvalue weighted by Gasteiger charge is 2.47. The summed E-state index contributed by atoms with van der Waals surface area (Å²) in [4.78, 5) is 14.9. The number of aliphatic carboxylic acids is 1. The van der Waals surface area contributed by atoms with Gasteiger partial charge in [0.2, 0.25) is 16.8 Å². The molecule has 1 saturated heterocycles. The third-order valence-corrected chi connectivity index (χ3v) is 9.43. The number of carboxylic acid groups (broad SMARTS) is 1. The molecule has 2 aliphatic rings. The van der Waals surface area contributed by atoms with Crippen molar-refractivity contribution >= 4 is 27.6 Å². The highest BCUT2D eigenvalue weighted by atomic mass is 35.5. The predicted molar refractivity (Wildman–Crippen MR) is 145 cm³/mol. The van der Waals surface area contributed by atoms with E-state index in [0.717, 1.165) is 11.1 Å². The van der Waals surface area contributed by atoms with Gasteiger partial charge < -0.3 is 19.3 Å². The van der Waals surface area contributed by atoms with Gasteiger partial charge in [-0.1, -0.05) is 25.1 Å². The summed E-state index contributed by atoms with van der Waals surface area (Å²) < 4.78 is 43.8. The van der Waals surface area contributed by atoms with Crippen LogP contribution < -0.4 is 14.2 Å². The van der Waals surface area contributed by atoms with Crippen molar-refractivity contribution in [1.82, 2.24) is 9.21 Å². The molecule has 2 aromatic carbocycles. The fraction of sp³-hybridized carbons (Fsp3) is 0.519. The highest BCUT2D eigenvalue weighted by Crippen LogP contribution is 2.47. The number of hydrogen-bond donors (Lipinski definition) is 1. The van der Waals surface area contributed by atoms with Crippen LogP contribution in [-0.2, 0) is 14.8 Å². The van der Waals surface area contributed by atoms with E-state index < -0.39 is 28.0 Å². The van der Waals surface area contributed by atoms with E-state index in [1.165, 1.54) is 4.31 Å². The maximum atomic E-state index is 13.0. The predicted octanol–water partition coefficient (Wildman–Crippen LogP) is 3.94. The molecule has 0 spiro atoms. The zero-order valence-electron chi connectivity index (χ0n) is 21.7. The molecule has 3 atom stereocenters. The van der Waals surface area contributed by atoms with Crippen LogP contribution in [0.25, 0.3) is 0 Å². The van der Waals surface area contributed by atoms with E-state index in [2.05, 4.69) is 4.90 Å². The zero-order valence-corrected chi connectivity index (χ0v) is 23.3. The van der Waals surface area contributed by atoms with Crippen LogP contribution >= 0.6 is 11.6 Å².